The van der Waals surface area contributed by atoms with Gasteiger partial charge in [-0.05, 0) is 20.8 Å². The minimum Gasteiger partial charge on any atom is -0.462 e. The van der Waals surface area contributed by atoms with Crippen molar-refractivity contribution in [3.05, 3.63) is 12.2 Å². The SMILES string of the molecule is C=C(C)C(=O)OCC1(C)C(C)OC1C. The Morgan fingerprint density at radius 3 is 2.36 bits per heavy atom. The number of hydrogen-bond donors (Lipinski definition) is 0. The van der Waals surface area contributed by atoms with Gasteiger partial charge in [-0.3, -0.25) is 0 Å². The van der Waals surface area contributed by atoms with Gasteiger partial charge in [-0.15, -0.1) is 0 Å². The van der Waals surface area contributed by atoms with Crippen LogP contribution < -0.4 is 0 Å². The van der Waals surface area contributed by atoms with Gasteiger partial charge < -0.3 is 9.47 Å². The Labute approximate surface area is 85.1 Å². The van der Waals surface area contributed by atoms with E-state index in [-0.39, 0.29) is 23.6 Å². The van der Waals surface area contributed by atoms with Gasteiger partial charge in [0.15, 0.2) is 0 Å². The van der Waals surface area contributed by atoms with Gasteiger partial charge in [-0.25, -0.2) is 4.79 Å². The topological polar surface area (TPSA) is 35.5 Å². The zero-order valence-corrected chi connectivity index (χ0v) is 9.29. The molecule has 0 N–H and O–H groups in total. The molecule has 0 amide bonds. The van der Waals surface area contributed by atoms with E-state index in [0.29, 0.717) is 12.2 Å². The van der Waals surface area contributed by atoms with Crippen LogP contribution in [0.1, 0.15) is 27.7 Å². The summed E-state index contributed by atoms with van der Waals surface area (Å²) in [5.74, 6) is -0.322. The first-order valence-electron chi connectivity index (χ1n) is 4.86. The van der Waals surface area contributed by atoms with E-state index in [2.05, 4.69) is 13.5 Å². The van der Waals surface area contributed by atoms with E-state index in [1.54, 1.807) is 6.92 Å². The lowest BCUT2D eigenvalue weighted by molar-refractivity contribution is -0.243. The molecule has 3 nitrogen and oxygen atoms in total. The molecule has 1 aliphatic heterocycles. The standard InChI is InChI=1S/C11H18O3/c1-7(2)10(12)13-6-11(5)8(3)14-9(11)4/h8-9H,1,6H2,2-5H3. The van der Waals surface area contributed by atoms with Crippen LogP contribution in [-0.4, -0.2) is 24.8 Å². The lowest BCUT2D eigenvalue weighted by Crippen LogP contribution is -2.57. The van der Waals surface area contributed by atoms with Crippen molar-refractivity contribution in [2.24, 2.45) is 5.41 Å². The number of ether oxygens (including phenoxy) is 2. The fraction of sp³-hybridized carbons (Fsp3) is 0.727. The maximum absolute atomic E-state index is 11.2. The predicted octanol–water partition coefficient (Wildman–Crippen LogP) is 1.92. The Balaban J connectivity index is 2.45. The Bertz CT molecular complexity index is 249. The van der Waals surface area contributed by atoms with Crippen LogP contribution in [0.5, 0.6) is 0 Å². The molecule has 1 fully saturated rings. The van der Waals surface area contributed by atoms with Crippen LogP contribution in [0, 0.1) is 5.41 Å². The zero-order valence-electron chi connectivity index (χ0n) is 9.29. The lowest BCUT2D eigenvalue weighted by atomic mass is 9.75. The van der Waals surface area contributed by atoms with Crippen LogP contribution in [-0.2, 0) is 14.3 Å². The molecule has 0 bridgehead atoms. The van der Waals surface area contributed by atoms with Gasteiger partial charge in [0.2, 0.25) is 0 Å². The second-order valence-corrected chi connectivity index (χ2v) is 4.28. The molecule has 80 valence electrons. The van der Waals surface area contributed by atoms with Crippen LogP contribution >= 0.6 is 0 Å². The van der Waals surface area contributed by atoms with Gasteiger partial charge >= 0.3 is 5.97 Å². The third-order valence-corrected chi connectivity index (χ3v) is 3.13. The van der Waals surface area contributed by atoms with Gasteiger partial charge in [0.1, 0.15) is 6.61 Å². The second kappa shape index (κ2) is 3.73. The molecule has 2 atom stereocenters. The molecule has 0 aromatic heterocycles. The third kappa shape index (κ3) is 1.82. The largest absolute Gasteiger partial charge is 0.462 e. The highest BCUT2D eigenvalue weighted by atomic mass is 16.6. The summed E-state index contributed by atoms with van der Waals surface area (Å²) in [6, 6.07) is 0. The highest BCUT2D eigenvalue weighted by Gasteiger charge is 2.49. The van der Waals surface area contributed by atoms with Crippen molar-refractivity contribution in [2.75, 3.05) is 6.61 Å². The molecular weight excluding hydrogens is 180 g/mol. The summed E-state index contributed by atoms with van der Waals surface area (Å²) in [5, 5.41) is 0. The molecule has 0 aromatic carbocycles. The smallest absolute Gasteiger partial charge is 0.333 e. The highest BCUT2D eigenvalue weighted by Crippen LogP contribution is 2.41. The molecule has 1 saturated heterocycles. The van der Waals surface area contributed by atoms with Crippen LogP contribution in [0.15, 0.2) is 12.2 Å². The monoisotopic (exact) mass is 198 g/mol. The van der Waals surface area contributed by atoms with Crippen molar-refractivity contribution in [3.8, 4) is 0 Å². The van der Waals surface area contributed by atoms with Gasteiger partial charge in [0.05, 0.1) is 17.6 Å². The maximum atomic E-state index is 11.2. The molecule has 0 saturated carbocycles. The number of carbonyl (C=O) groups is 1. The van der Waals surface area contributed by atoms with Crippen LogP contribution in [0.4, 0.5) is 0 Å². The molecule has 14 heavy (non-hydrogen) atoms. The molecule has 0 radical (unpaired) electrons. The number of hydrogen-bond acceptors (Lipinski definition) is 3. The second-order valence-electron chi connectivity index (χ2n) is 4.28. The third-order valence-electron chi connectivity index (χ3n) is 3.13. The lowest BCUT2D eigenvalue weighted by Gasteiger charge is -2.50. The maximum Gasteiger partial charge on any atom is 0.333 e. The first-order valence-corrected chi connectivity index (χ1v) is 4.86. The molecule has 0 aromatic rings. The fourth-order valence-electron chi connectivity index (χ4n) is 1.45. The summed E-state index contributed by atoms with van der Waals surface area (Å²) in [6.07, 6.45) is 0.297. The van der Waals surface area contributed by atoms with Crippen molar-refractivity contribution in [1.29, 1.82) is 0 Å². The fourth-order valence-corrected chi connectivity index (χ4v) is 1.45. The molecule has 1 rings (SSSR count). The van der Waals surface area contributed by atoms with E-state index >= 15 is 0 Å². The summed E-state index contributed by atoms with van der Waals surface area (Å²) in [4.78, 5) is 11.2. The van der Waals surface area contributed by atoms with E-state index in [1.807, 2.05) is 13.8 Å². The van der Waals surface area contributed by atoms with Crippen LogP contribution in [0.25, 0.3) is 0 Å². The molecule has 2 unspecified atom stereocenters. The zero-order chi connectivity index (χ0) is 10.9. The van der Waals surface area contributed by atoms with Crippen LogP contribution in [0.3, 0.4) is 0 Å². The van der Waals surface area contributed by atoms with Gasteiger partial charge in [-0.2, -0.15) is 0 Å². The first-order chi connectivity index (χ1) is 6.38. The van der Waals surface area contributed by atoms with Crippen molar-refractivity contribution in [3.63, 3.8) is 0 Å². The van der Waals surface area contributed by atoms with E-state index in [1.165, 1.54) is 0 Å². The summed E-state index contributed by atoms with van der Waals surface area (Å²) >= 11 is 0. The van der Waals surface area contributed by atoms with E-state index in [4.69, 9.17) is 9.47 Å². The number of esters is 1. The average Bonchev–Trinajstić information content (AvgIpc) is 2.13. The Morgan fingerprint density at radius 2 is 2.00 bits per heavy atom. The summed E-state index contributed by atoms with van der Waals surface area (Å²) in [7, 11) is 0. The van der Waals surface area contributed by atoms with E-state index in [0.717, 1.165) is 0 Å². The Hall–Kier alpha value is -0.830. The Morgan fingerprint density at radius 1 is 1.50 bits per heavy atom. The summed E-state index contributed by atoms with van der Waals surface area (Å²) in [6.45, 7) is 11.6. The minimum atomic E-state index is -0.322. The van der Waals surface area contributed by atoms with E-state index < -0.39 is 0 Å². The van der Waals surface area contributed by atoms with Crippen molar-refractivity contribution in [2.45, 2.75) is 39.9 Å². The molecule has 1 heterocycles. The average molecular weight is 198 g/mol. The first kappa shape index (κ1) is 11.2. The van der Waals surface area contributed by atoms with Crippen molar-refractivity contribution < 1.29 is 14.3 Å². The summed E-state index contributed by atoms with van der Waals surface area (Å²) < 4.78 is 10.6. The highest BCUT2D eigenvalue weighted by molar-refractivity contribution is 5.86. The van der Waals surface area contributed by atoms with Gasteiger partial charge in [-0.1, -0.05) is 13.5 Å². The number of rotatable bonds is 3. The van der Waals surface area contributed by atoms with Gasteiger partial charge in [0, 0.05) is 5.57 Å². The quantitative estimate of drug-likeness (QED) is 0.513. The molecule has 1 aliphatic rings. The van der Waals surface area contributed by atoms with Gasteiger partial charge in [0.25, 0.3) is 0 Å². The molecular formula is C11H18O3. The van der Waals surface area contributed by atoms with Crippen molar-refractivity contribution in [1.82, 2.24) is 0 Å². The normalized spacial score (nSPS) is 36.0. The Kier molecular flexibility index (Phi) is 3.00. The minimum absolute atomic E-state index is 0.0505. The molecule has 0 spiro atoms. The number of carbonyl (C=O) groups excluding carboxylic acids is 1. The molecule has 0 aliphatic carbocycles. The molecule has 3 heteroatoms. The van der Waals surface area contributed by atoms with E-state index in [9.17, 15) is 4.79 Å². The van der Waals surface area contributed by atoms with Crippen molar-refractivity contribution >= 4 is 5.97 Å². The predicted molar refractivity (Wildman–Crippen MR) is 53.9 cm³/mol. The summed E-state index contributed by atoms with van der Waals surface area (Å²) in [5.41, 5.74) is 0.389. The van der Waals surface area contributed by atoms with Crippen LogP contribution in [0.2, 0.25) is 0 Å².